The quantitative estimate of drug-likeness (QED) is 0.471. The molecule has 26 heavy (non-hydrogen) atoms. The second kappa shape index (κ2) is 8.16. The summed E-state index contributed by atoms with van der Waals surface area (Å²) in [5, 5.41) is 0. The Morgan fingerprint density at radius 2 is 0.808 bits per heavy atom. The van der Waals surface area contributed by atoms with E-state index in [-0.39, 0.29) is 0 Å². The van der Waals surface area contributed by atoms with Gasteiger partial charge < -0.3 is 0 Å². The molecule has 0 bridgehead atoms. The molecule has 0 heterocycles. The van der Waals surface area contributed by atoms with E-state index in [9.17, 15) is 0 Å². The summed E-state index contributed by atoms with van der Waals surface area (Å²) in [7, 11) is 0. The molecule has 0 radical (unpaired) electrons. The summed E-state index contributed by atoms with van der Waals surface area (Å²) < 4.78 is 0. The second-order valence-corrected chi connectivity index (χ2v) is 12.1. The van der Waals surface area contributed by atoms with Crippen molar-refractivity contribution in [2.24, 2.45) is 46.3 Å². The van der Waals surface area contributed by atoms with Gasteiger partial charge in [-0.3, -0.25) is 0 Å². The summed E-state index contributed by atoms with van der Waals surface area (Å²) in [5.41, 5.74) is 1.13. The summed E-state index contributed by atoms with van der Waals surface area (Å²) in [4.78, 5) is 0. The lowest BCUT2D eigenvalue weighted by molar-refractivity contribution is -0.0143. The third-order valence-corrected chi connectivity index (χ3v) is 9.91. The van der Waals surface area contributed by atoms with Gasteiger partial charge in [0.1, 0.15) is 0 Å². The fourth-order valence-corrected chi connectivity index (χ4v) is 7.22. The van der Waals surface area contributed by atoms with Crippen molar-refractivity contribution in [2.75, 3.05) is 0 Å². The zero-order chi connectivity index (χ0) is 18.9. The third-order valence-electron chi connectivity index (χ3n) is 9.91. The monoisotopic (exact) mass is 360 g/mol. The predicted molar refractivity (Wildman–Crippen MR) is 115 cm³/mol. The summed E-state index contributed by atoms with van der Waals surface area (Å²) in [5.74, 6) is 5.88. The van der Waals surface area contributed by atoms with Crippen LogP contribution in [0.2, 0.25) is 0 Å². The summed E-state index contributed by atoms with van der Waals surface area (Å²) in [6.07, 6.45) is 18.0. The highest BCUT2D eigenvalue weighted by molar-refractivity contribution is 4.95. The smallest absolute Gasteiger partial charge is 0.0297 e. The zero-order valence-electron chi connectivity index (χ0n) is 18.9. The van der Waals surface area contributed by atoms with Crippen LogP contribution in [0.5, 0.6) is 0 Å². The average Bonchev–Trinajstić information content (AvgIpc) is 2.62. The van der Waals surface area contributed by atoms with Gasteiger partial charge in [-0.15, -0.1) is 0 Å². The van der Waals surface area contributed by atoms with E-state index in [1.807, 2.05) is 0 Å². The van der Waals surface area contributed by atoms with Gasteiger partial charge in [0.05, 0.1) is 0 Å². The first-order valence-corrected chi connectivity index (χ1v) is 12.2. The first-order valence-electron chi connectivity index (χ1n) is 12.2. The fraction of sp³-hybridized carbons (Fsp3) is 1.00. The normalized spacial score (nSPS) is 40.4. The minimum Gasteiger partial charge on any atom is -0.0625 e. The van der Waals surface area contributed by atoms with Gasteiger partial charge in [0, 0.05) is 0 Å². The van der Waals surface area contributed by atoms with Gasteiger partial charge in [0.15, 0.2) is 0 Å². The molecule has 3 rings (SSSR count). The average molecular weight is 361 g/mol. The van der Waals surface area contributed by atoms with E-state index in [0.29, 0.717) is 10.8 Å². The molecule has 0 heteroatoms. The molecule has 152 valence electrons. The molecule has 0 aromatic heterocycles. The SMILES string of the molecule is CC1CCC(C(C)(C)C2CCCC(C(C)(C)C3CCC(C)CC3)C2)CC1. The maximum atomic E-state index is 2.65. The first-order chi connectivity index (χ1) is 12.2. The van der Waals surface area contributed by atoms with Crippen molar-refractivity contribution in [3.8, 4) is 0 Å². The van der Waals surface area contributed by atoms with Crippen molar-refractivity contribution in [3.63, 3.8) is 0 Å². The van der Waals surface area contributed by atoms with E-state index < -0.39 is 0 Å². The topological polar surface area (TPSA) is 0 Å². The molecule has 0 saturated heterocycles. The van der Waals surface area contributed by atoms with E-state index in [0.717, 1.165) is 35.5 Å². The van der Waals surface area contributed by atoms with Crippen LogP contribution in [0.4, 0.5) is 0 Å². The van der Waals surface area contributed by atoms with Crippen molar-refractivity contribution < 1.29 is 0 Å². The van der Waals surface area contributed by atoms with Crippen LogP contribution in [0.15, 0.2) is 0 Å². The van der Waals surface area contributed by atoms with Crippen molar-refractivity contribution in [2.45, 2.75) is 119 Å². The largest absolute Gasteiger partial charge is 0.0625 e. The molecule has 0 spiro atoms. The van der Waals surface area contributed by atoms with Crippen LogP contribution < -0.4 is 0 Å². The maximum absolute atomic E-state index is 2.65. The maximum Gasteiger partial charge on any atom is -0.0297 e. The Morgan fingerprint density at radius 3 is 1.15 bits per heavy atom. The van der Waals surface area contributed by atoms with E-state index >= 15 is 0 Å². The third kappa shape index (κ3) is 4.35. The van der Waals surface area contributed by atoms with Crippen molar-refractivity contribution in [1.29, 1.82) is 0 Å². The van der Waals surface area contributed by atoms with Crippen LogP contribution in [0.3, 0.4) is 0 Å². The molecule has 0 N–H and O–H groups in total. The summed E-state index contributed by atoms with van der Waals surface area (Å²) >= 11 is 0. The Morgan fingerprint density at radius 1 is 0.462 bits per heavy atom. The Labute approximate surface area is 165 Å². The molecule has 3 saturated carbocycles. The van der Waals surface area contributed by atoms with Gasteiger partial charge in [-0.1, -0.05) is 73.6 Å². The van der Waals surface area contributed by atoms with Crippen LogP contribution in [-0.2, 0) is 0 Å². The fourth-order valence-electron chi connectivity index (χ4n) is 7.22. The molecule has 0 nitrogen and oxygen atoms in total. The van der Waals surface area contributed by atoms with Gasteiger partial charge in [-0.25, -0.2) is 0 Å². The molecule has 2 unspecified atom stereocenters. The molecule has 3 aliphatic carbocycles. The van der Waals surface area contributed by atoms with E-state index in [4.69, 9.17) is 0 Å². The number of hydrogen-bond acceptors (Lipinski definition) is 0. The minimum atomic E-state index is 0.565. The van der Waals surface area contributed by atoms with Crippen LogP contribution in [0.25, 0.3) is 0 Å². The molecule has 3 fully saturated rings. The standard InChI is InChI=1S/C26H48/c1-19-10-14-21(15-11-19)25(3,4)23-8-7-9-24(18-23)26(5,6)22-16-12-20(2)13-17-22/h19-24H,7-18H2,1-6H3. The molecule has 0 amide bonds. The lowest BCUT2D eigenvalue weighted by Crippen LogP contribution is -2.42. The number of hydrogen-bond donors (Lipinski definition) is 0. The number of rotatable bonds is 4. The van der Waals surface area contributed by atoms with Crippen LogP contribution in [0.1, 0.15) is 119 Å². The molecule has 0 aromatic carbocycles. The molecule has 0 aliphatic heterocycles. The van der Waals surface area contributed by atoms with Crippen molar-refractivity contribution in [1.82, 2.24) is 0 Å². The van der Waals surface area contributed by atoms with Gasteiger partial charge >= 0.3 is 0 Å². The van der Waals surface area contributed by atoms with Crippen LogP contribution in [-0.4, -0.2) is 0 Å². The zero-order valence-corrected chi connectivity index (χ0v) is 18.9. The first kappa shape index (κ1) is 20.7. The molecular formula is C26H48. The van der Waals surface area contributed by atoms with E-state index in [1.54, 1.807) is 0 Å². The van der Waals surface area contributed by atoms with Crippen LogP contribution >= 0.6 is 0 Å². The molecular weight excluding hydrogens is 312 g/mol. The highest BCUT2D eigenvalue weighted by atomic mass is 14.5. The summed E-state index contributed by atoms with van der Waals surface area (Å²) in [6.45, 7) is 15.5. The van der Waals surface area contributed by atoms with Crippen LogP contribution in [0, 0.1) is 46.3 Å². The Balaban J connectivity index is 1.64. The second-order valence-electron chi connectivity index (χ2n) is 12.1. The van der Waals surface area contributed by atoms with Gasteiger partial charge in [-0.05, 0) is 91.3 Å². The van der Waals surface area contributed by atoms with Crippen molar-refractivity contribution in [3.05, 3.63) is 0 Å². The molecule has 2 atom stereocenters. The molecule has 3 aliphatic rings. The Hall–Kier alpha value is 0. The van der Waals surface area contributed by atoms with Gasteiger partial charge in [0.2, 0.25) is 0 Å². The van der Waals surface area contributed by atoms with Gasteiger partial charge in [0.25, 0.3) is 0 Å². The lowest BCUT2D eigenvalue weighted by atomic mass is 9.54. The molecule has 0 aromatic rings. The Kier molecular flexibility index (Phi) is 6.51. The van der Waals surface area contributed by atoms with E-state index in [1.165, 1.54) is 77.0 Å². The van der Waals surface area contributed by atoms with E-state index in [2.05, 4.69) is 41.5 Å². The summed E-state index contributed by atoms with van der Waals surface area (Å²) in [6, 6.07) is 0. The lowest BCUT2D eigenvalue weighted by Gasteiger charge is -2.51. The van der Waals surface area contributed by atoms with Gasteiger partial charge in [-0.2, -0.15) is 0 Å². The Bertz CT molecular complexity index is 389. The predicted octanol–water partition coefficient (Wildman–Crippen LogP) is 8.50. The minimum absolute atomic E-state index is 0.565. The highest BCUT2D eigenvalue weighted by Crippen LogP contribution is 2.55. The highest BCUT2D eigenvalue weighted by Gasteiger charge is 2.45. The van der Waals surface area contributed by atoms with Crippen molar-refractivity contribution >= 4 is 0 Å².